The molecule has 0 fully saturated rings. The third-order valence-electron chi connectivity index (χ3n) is 2.53. The summed E-state index contributed by atoms with van der Waals surface area (Å²) in [5, 5.41) is 6.47. The van der Waals surface area contributed by atoms with Gasteiger partial charge in [0.15, 0.2) is 0 Å². The highest BCUT2D eigenvalue weighted by Gasteiger charge is 2.26. The van der Waals surface area contributed by atoms with E-state index in [9.17, 15) is 13.2 Å². The monoisotopic (exact) mass is 266 g/mol. The van der Waals surface area contributed by atoms with E-state index in [1.807, 2.05) is 35.7 Å². The van der Waals surface area contributed by atoms with Gasteiger partial charge in [0.2, 0.25) is 0 Å². The number of hydrogen-bond donors (Lipinski definition) is 1. The third kappa shape index (κ3) is 6.05. The van der Waals surface area contributed by atoms with Gasteiger partial charge in [-0.05, 0) is 36.4 Å². The minimum absolute atomic E-state index is 0.0669. The van der Waals surface area contributed by atoms with E-state index in [0.717, 1.165) is 6.54 Å². The molecule has 1 unspecified atom stereocenters. The maximum atomic E-state index is 11.9. The van der Waals surface area contributed by atoms with Crippen LogP contribution in [-0.2, 0) is 6.54 Å². The Morgan fingerprint density at radius 3 is 2.71 bits per heavy atom. The average Bonchev–Trinajstić information content (AvgIpc) is 2.68. The number of likely N-dealkylation sites (N-methyl/N-ethyl adjacent to an activating group) is 1. The van der Waals surface area contributed by atoms with Crippen molar-refractivity contribution < 1.29 is 13.2 Å². The fourth-order valence-corrected chi connectivity index (χ4v) is 2.06. The highest BCUT2D eigenvalue weighted by atomic mass is 32.1. The Bertz CT molecular complexity index is 311. The van der Waals surface area contributed by atoms with Crippen molar-refractivity contribution in [2.24, 2.45) is 0 Å². The zero-order valence-corrected chi connectivity index (χ0v) is 10.7. The van der Waals surface area contributed by atoms with Gasteiger partial charge in [0.1, 0.15) is 0 Å². The second-order valence-electron chi connectivity index (χ2n) is 4.14. The SMILES string of the molecule is CC(CNCC(F)(F)F)N(C)Cc1ccsc1. The van der Waals surface area contributed by atoms with Gasteiger partial charge in [0, 0.05) is 19.1 Å². The standard InChI is InChI=1S/C11H17F3N2S/c1-9(5-15-8-11(12,13)14)16(2)6-10-3-4-17-7-10/h3-4,7,9,15H,5-6,8H2,1-2H3. The van der Waals surface area contributed by atoms with Crippen LogP contribution >= 0.6 is 11.3 Å². The fourth-order valence-electron chi connectivity index (χ4n) is 1.41. The van der Waals surface area contributed by atoms with Crippen LogP contribution in [0.4, 0.5) is 13.2 Å². The minimum atomic E-state index is -4.13. The number of hydrogen-bond acceptors (Lipinski definition) is 3. The second kappa shape index (κ2) is 6.37. The van der Waals surface area contributed by atoms with E-state index < -0.39 is 12.7 Å². The van der Waals surface area contributed by atoms with E-state index in [4.69, 9.17) is 0 Å². The number of alkyl halides is 3. The van der Waals surface area contributed by atoms with Crippen LogP contribution in [-0.4, -0.2) is 37.3 Å². The van der Waals surface area contributed by atoms with Gasteiger partial charge in [-0.1, -0.05) is 0 Å². The summed E-state index contributed by atoms with van der Waals surface area (Å²) in [6, 6.07) is 2.09. The molecule has 1 heterocycles. The zero-order chi connectivity index (χ0) is 12.9. The first-order valence-electron chi connectivity index (χ1n) is 5.37. The number of thiophene rings is 1. The van der Waals surface area contributed by atoms with E-state index in [-0.39, 0.29) is 6.04 Å². The molecular formula is C11H17F3N2S. The van der Waals surface area contributed by atoms with Crippen LogP contribution < -0.4 is 5.32 Å². The molecule has 6 heteroatoms. The lowest BCUT2D eigenvalue weighted by Gasteiger charge is -2.24. The van der Waals surface area contributed by atoms with Crippen molar-refractivity contribution in [3.8, 4) is 0 Å². The number of nitrogens with one attached hydrogen (secondary N) is 1. The molecule has 1 aromatic heterocycles. The minimum Gasteiger partial charge on any atom is -0.307 e. The molecule has 17 heavy (non-hydrogen) atoms. The molecule has 0 aliphatic rings. The Balaban J connectivity index is 2.25. The highest BCUT2D eigenvalue weighted by Crippen LogP contribution is 2.13. The Morgan fingerprint density at radius 1 is 1.47 bits per heavy atom. The largest absolute Gasteiger partial charge is 0.401 e. The third-order valence-corrected chi connectivity index (χ3v) is 3.26. The molecule has 0 spiro atoms. The molecule has 1 rings (SSSR count). The van der Waals surface area contributed by atoms with Crippen LogP contribution in [0, 0.1) is 0 Å². The lowest BCUT2D eigenvalue weighted by atomic mass is 10.2. The van der Waals surface area contributed by atoms with E-state index in [1.165, 1.54) is 5.56 Å². The predicted octanol–water partition coefficient (Wildman–Crippen LogP) is 2.72. The summed E-state index contributed by atoms with van der Waals surface area (Å²) in [7, 11) is 1.91. The summed E-state index contributed by atoms with van der Waals surface area (Å²) in [5.74, 6) is 0. The molecule has 0 amide bonds. The molecule has 0 aliphatic carbocycles. The van der Waals surface area contributed by atoms with Gasteiger partial charge < -0.3 is 5.32 Å². The quantitative estimate of drug-likeness (QED) is 0.851. The first-order chi connectivity index (χ1) is 7.88. The predicted molar refractivity (Wildman–Crippen MR) is 64.2 cm³/mol. The summed E-state index contributed by atoms with van der Waals surface area (Å²) < 4.78 is 35.8. The van der Waals surface area contributed by atoms with E-state index in [1.54, 1.807) is 11.3 Å². The van der Waals surface area contributed by atoms with Gasteiger partial charge in [-0.25, -0.2) is 0 Å². The summed E-state index contributed by atoms with van der Waals surface area (Å²) in [4.78, 5) is 2.03. The first-order valence-corrected chi connectivity index (χ1v) is 6.31. The van der Waals surface area contributed by atoms with Gasteiger partial charge in [0.25, 0.3) is 0 Å². The van der Waals surface area contributed by atoms with Crippen LogP contribution in [0.15, 0.2) is 16.8 Å². The molecule has 0 saturated heterocycles. The first kappa shape index (κ1) is 14.5. The van der Waals surface area contributed by atoms with Crippen molar-refractivity contribution in [2.45, 2.75) is 25.7 Å². The number of nitrogens with zero attached hydrogens (tertiary/aromatic N) is 1. The zero-order valence-electron chi connectivity index (χ0n) is 9.92. The number of halogens is 3. The van der Waals surface area contributed by atoms with E-state index in [0.29, 0.717) is 6.54 Å². The summed E-state index contributed by atoms with van der Waals surface area (Å²) in [5.41, 5.74) is 1.19. The molecule has 0 aliphatic heterocycles. The molecule has 0 bridgehead atoms. The van der Waals surface area contributed by atoms with Crippen molar-refractivity contribution in [3.63, 3.8) is 0 Å². The Morgan fingerprint density at radius 2 is 2.18 bits per heavy atom. The van der Waals surface area contributed by atoms with Crippen LogP contribution in [0.2, 0.25) is 0 Å². The average molecular weight is 266 g/mol. The summed E-state index contributed by atoms with van der Waals surface area (Å²) in [6.07, 6.45) is -4.13. The molecule has 0 saturated carbocycles. The normalized spacial score (nSPS) is 14.2. The molecule has 1 aromatic rings. The molecule has 1 N–H and O–H groups in total. The van der Waals surface area contributed by atoms with Gasteiger partial charge in [-0.3, -0.25) is 4.90 Å². The lowest BCUT2D eigenvalue weighted by molar-refractivity contribution is -0.125. The molecule has 0 aromatic carbocycles. The molecule has 0 radical (unpaired) electrons. The fraction of sp³-hybridized carbons (Fsp3) is 0.636. The second-order valence-corrected chi connectivity index (χ2v) is 4.92. The van der Waals surface area contributed by atoms with Crippen molar-refractivity contribution in [2.75, 3.05) is 20.1 Å². The van der Waals surface area contributed by atoms with Gasteiger partial charge in [-0.2, -0.15) is 24.5 Å². The molecule has 1 atom stereocenters. The topological polar surface area (TPSA) is 15.3 Å². The van der Waals surface area contributed by atoms with Crippen LogP contribution in [0.5, 0.6) is 0 Å². The van der Waals surface area contributed by atoms with E-state index >= 15 is 0 Å². The smallest absolute Gasteiger partial charge is 0.307 e. The number of rotatable bonds is 6. The van der Waals surface area contributed by atoms with Crippen LogP contribution in [0.3, 0.4) is 0 Å². The summed E-state index contributed by atoms with van der Waals surface area (Å²) in [6.45, 7) is 2.08. The lowest BCUT2D eigenvalue weighted by Crippen LogP contribution is -2.40. The van der Waals surface area contributed by atoms with Crippen molar-refractivity contribution in [1.82, 2.24) is 10.2 Å². The maximum Gasteiger partial charge on any atom is 0.401 e. The Hall–Kier alpha value is -0.590. The Kier molecular flexibility index (Phi) is 5.42. The van der Waals surface area contributed by atoms with Crippen molar-refractivity contribution >= 4 is 11.3 Å². The molecular weight excluding hydrogens is 249 g/mol. The summed E-state index contributed by atoms with van der Waals surface area (Å²) >= 11 is 1.62. The van der Waals surface area contributed by atoms with Crippen LogP contribution in [0.1, 0.15) is 12.5 Å². The highest BCUT2D eigenvalue weighted by molar-refractivity contribution is 7.07. The van der Waals surface area contributed by atoms with Gasteiger partial charge in [0.05, 0.1) is 6.54 Å². The van der Waals surface area contributed by atoms with Gasteiger partial charge in [-0.15, -0.1) is 0 Å². The Labute approximate surface area is 103 Å². The molecule has 2 nitrogen and oxygen atoms in total. The van der Waals surface area contributed by atoms with Crippen molar-refractivity contribution in [3.05, 3.63) is 22.4 Å². The molecule has 98 valence electrons. The maximum absolute atomic E-state index is 11.9. The van der Waals surface area contributed by atoms with Crippen molar-refractivity contribution in [1.29, 1.82) is 0 Å². The van der Waals surface area contributed by atoms with E-state index in [2.05, 4.69) is 5.32 Å². The van der Waals surface area contributed by atoms with Gasteiger partial charge >= 0.3 is 6.18 Å². The van der Waals surface area contributed by atoms with Crippen LogP contribution in [0.25, 0.3) is 0 Å².